The number of nitrogens with one attached hydrogen (secondary N) is 1. The van der Waals surface area contributed by atoms with Crippen molar-refractivity contribution in [3.8, 4) is 0 Å². The lowest BCUT2D eigenvalue weighted by molar-refractivity contribution is -0.127. The van der Waals surface area contributed by atoms with Crippen LogP contribution in [0.4, 0.5) is 0 Å². The van der Waals surface area contributed by atoms with E-state index in [-0.39, 0.29) is 12.5 Å². The molecule has 0 unspecified atom stereocenters. The molecule has 5 N–H and O–H groups in total. The molecule has 16 heavy (non-hydrogen) atoms. The van der Waals surface area contributed by atoms with Crippen LogP contribution in [0.3, 0.4) is 0 Å². The van der Waals surface area contributed by atoms with Gasteiger partial charge in [0, 0.05) is 6.54 Å². The summed E-state index contributed by atoms with van der Waals surface area (Å²) >= 11 is 1.64. The van der Waals surface area contributed by atoms with E-state index in [1.807, 2.05) is 6.26 Å². The van der Waals surface area contributed by atoms with Crippen LogP contribution in [0.15, 0.2) is 0 Å². The second-order valence-electron chi connectivity index (χ2n) is 4.35. The molecule has 0 aliphatic rings. The van der Waals surface area contributed by atoms with Gasteiger partial charge in [-0.3, -0.25) is 9.59 Å². The summed E-state index contributed by atoms with van der Waals surface area (Å²) in [5.74, 6) is 0.169. The third-order valence-corrected chi connectivity index (χ3v) is 2.99. The molecule has 0 aromatic rings. The van der Waals surface area contributed by atoms with E-state index in [2.05, 4.69) is 5.32 Å². The molecule has 0 spiro atoms. The van der Waals surface area contributed by atoms with E-state index in [1.54, 1.807) is 25.6 Å². The average Bonchev–Trinajstić information content (AvgIpc) is 2.22. The number of hydrogen-bond donors (Lipinski definition) is 3. The van der Waals surface area contributed by atoms with Gasteiger partial charge in [0.25, 0.3) is 0 Å². The molecule has 0 saturated carbocycles. The number of nitrogens with two attached hydrogens (primary N) is 2. The Kier molecular flexibility index (Phi) is 6.43. The van der Waals surface area contributed by atoms with E-state index >= 15 is 0 Å². The van der Waals surface area contributed by atoms with Gasteiger partial charge in [-0.15, -0.1) is 0 Å². The second-order valence-corrected chi connectivity index (χ2v) is 5.34. The summed E-state index contributed by atoms with van der Waals surface area (Å²) in [5, 5.41) is 2.64. The van der Waals surface area contributed by atoms with Crippen LogP contribution >= 0.6 is 11.8 Å². The van der Waals surface area contributed by atoms with Crippen LogP contribution in [0.2, 0.25) is 0 Å². The van der Waals surface area contributed by atoms with Crippen molar-refractivity contribution in [3.05, 3.63) is 0 Å². The SMILES string of the molecule is CSCC[C@H](N)C(=O)NCC(C)(C)C(N)=O. The molecule has 2 amide bonds. The fourth-order valence-electron chi connectivity index (χ4n) is 0.902. The van der Waals surface area contributed by atoms with Gasteiger partial charge in [0.2, 0.25) is 11.8 Å². The van der Waals surface area contributed by atoms with Crippen molar-refractivity contribution in [1.29, 1.82) is 0 Å². The van der Waals surface area contributed by atoms with Gasteiger partial charge in [-0.2, -0.15) is 11.8 Å². The highest BCUT2D eigenvalue weighted by atomic mass is 32.2. The Hall–Kier alpha value is -0.750. The third-order valence-electron chi connectivity index (χ3n) is 2.34. The quantitative estimate of drug-likeness (QED) is 0.575. The van der Waals surface area contributed by atoms with Crippen molar-refractivity contribution in [2.45, 2.75) is 26.3 Å². The van der Waals surface area contributed by atoms with Crippen molar-refractivity contribution in [2.24, 2.45) is 16.9 Å². The minimum atomic E-state index is -0.741. The molecular weight excluding hydrogens is 226 g/mol. The largest absolute Gasteiger partial charge is 0.369 e. The summed E-state index contributed by atoms with van der Waals surface area (Å²) in [6.45, 7) is 3.58. The molecule has 0 saturated heterocycles. The summed E-state index contributed by atoms with van der Waals surface area (Å²) in [4.78, 5) is 22.5. The van der Waals surface area contributed by atoms with Crippen LogP contribution in [0.1, 0.15) is 20.3 Å². The molecular formula is C10H21N3O2S. The number of carbonyl (C=O) groups excluding carboxylic acids is 2. The molecule has 0 aliphatic carbocycles. The molecule has 0 bridgehead atoms. The van der Waals surface area contributed by atoms with Crippen molar-refractivity contribution in [1.82, 2.24) is 5.32 Å². The molecule has 1 atom stereocenters. The Morgan fingerprint density at radius 2 is 2.00 bits per heavy atom. The van der Waals surface area contributed by atoms with Crippen molar-refractivity contribution in [2.75, 3.05) is 18.6 Å². The number of hydrogen-bond acceptors (Lipinski definition) is 4. The van der Waals surface area contributed by atoms with Gasteiger partial charge in [0.15, 0.2) is 0 Å². The normalized spacial score (nSPS) is 13.2. The van der Waals surface area contributed by atoms with E-state index in [0.29, 0.717) is 6.42 Å². The van der Waals surface area contributed by atoms with Gasteiger partial charge in [0.05, 0.1) is 11.5 Å². The van der Waals surface area contributed by atoms with Crippen LogP contribution < -0.4 is 16.8 Å². The summed E-state index contributed by atoms with van der Waals surface area (Å²) in [6, 6.07) is -0.517. The van der Waals surface area contributed by atoms with E-state index in [0.717, 1.165) is 5.75 Å². The second kappa shape index (κ2) is 6.75. The highest BCUT2D eigenvalue weighted by Crippen LogP contribution is 2.11. The summed E-state index contributed by atoms with van der Waals surface area (Å²) in [6.07, 6.45) is 2.59. The Morgan fingerprint density at radius 1 is 1.44 bits per heavy atom. The van der Waals surface area contributed by atoms with Gasteiger partial charge in [0.1, 0.15) is 0 Å². The van der Waals surface area contributed by atoms with Gasteiger partial charge >= 0.3 is 0 Å². The first-order valence-corrected chi connectivity index (χ1v) is 6.53. The van der Waals surface area contributed by atoms with Crippen molar-refractivity contribution < 1.29 is 9.59 Å². The Balaban J connectivity index is 4.02. The van der Waals surface area contributed by atoms with Gasteiger partial charge in [-0.25, -0.2) is 0 Å². The number of rotatable bonds is 7. The molecule has 0 rings (SSSR count). The van der Waals surface area contributed by atoms with Crippen LogP contribution in [0.5, 0.6) is 0 Å². The van der Waals surface area contributed by atoms with E-state index in [1.165, 1.54) is 0 Å². The average molecular weight is 247 g/mol. The number of primary amides is 1. The maximum absolute atomic E-state index is 11.5. The number of amides is 2. The molecule has 0 heterocycles. The summed E-state index contributed by atoms with van der Waals surface area (Å²) in [7, 11) is 0. The monoisotopic (exact) mass is 247 g/mol. The van der Waals surface area contributed by atoms with Crippen LogP contribution in [-0.2, 0) is 9.59 Å². The first kappa shape index (κ1) is 15.2. The molecule has 94 valence electrons. The minimum Gasteiger partial charge on any atom is -0.369 e. The highest BCUT2D eigenvalue weighted by molar-refractivity contribution is 7.98. The number of thioether (sulfide) groups is 1. The zero-order valence-corrected chi connectivity index (χ0v) is 10.9. The van der Waals surface area contributed by atoms with Gasteiger partial charge in [-0.1, -0.05) is 0 Å². The van der Waals surface area contributed by atoms with Crippen molar-refractivity contribution >= 4 is 23.6 Å². The summed E-state index contributed by atoms with van der Waals surface area (Å²) < 4.78 is 0. The predicted molar refractivity (Wildman–Crippen MR) is 67.0 cm³/mol. The molecule has 0 radical (unpaired) electrons. The van der Waals surface area contributed by atoms with E-state index < -0.39 is 17.4 Å². The lowest BCUT2D eigenvalue weighted by atomic mass is 9.92. The maximum atomic E-state index is 11.5. The zero-order chi connectivity index (χ0) is 12.8. The van der Waals surface area contributed by atoms with Crippen LogP contribution in [0.25, 0.3) is 0 Å². The molecule has 0 aromatic carbocycles. The lowest BCUT2D eigenvalue weighted by Gasteiger charge is -2.22. The fraction of sp³-hybridized carbons (Fsp3) is 0.800. The smallest absolute Gasteiger partial charge is 0.236 e. The maximum Gasteiger partial charge on any atom is 0.236 e. The number of carbonyl (C=O) groups is 2. The lowest BCUT2D eigenvalue weighted by Crippen LogP contribution is -2.47. The summed E-state index contributed by atoms with van der Waals surface area (Å²) in [5.41, 5.74) is 10.1. The molecule has 0 aromatic heterocycles. The van der Waals surface area contributed by atoms with Crippen LogP contribution in [0, 0.1) is 5.41 Å². The minimum absolute atomic E-state index is 0.216. The third kappa shape index (κ3) is 5.37. The predicted octanol–water partition coefficient (Wildman–Crippen LogP) is -0.305. The van der Waals surface area contributed by atoms with Gasteiger partial charge < -0.3 is 16.8 Å². The topological polar surface area (TPSA) is 98.2 Å². The molecule has 0 fully saturated rings. The highest BCUT2D eigenvalue weighted by Gasteiger charge is 2.26. The fourth-order valence-corrected chi connectivity index (χ4v) is 1.39. The first-order chi connectivity index (χ1) is 7.31. The first-order valence-electron chi connectivity index (χ1n) is 5.13. The van der Waals surface area contributed by atoms with Crippen LogP contribution in [-0.4, -0.2) is 36.4 Å². The Labute approximate surface area is 101 Å². The standard InChI is InChI=1S/C10H21N3O2S/c1-10(2,9(12)15)6-13-8(14)7(11)4-5-16-3/h7H,4-6,11H2,1-3H3,(H2,12,15)(H,13,14)/t7-/m0/s1. The molecule has 6 heteroatoms. The Morgan fingerprint density at radius 3 is 2.44 bits per heavy atom. The van der Waals surface area contributed by atoms with E-state index in [9.17, 15) is 9.59 Å². The van der Waals surface area contributed by atoms with E-state index in [4.69, 9.17) is 11.5 Å². The van der Waals surface area contributed by atoms with Crippen molar-refractivity contribution in [3.63, 3.8) is 0 Å². The zero-order valence-electron chi connectivity index (χ0n) is 10.1. The van der Waals surface area contributed by atoms with Gasteiger partial charge in [-0.05, 0) is 32.3 Å². The Bertz CT molecular complexity index is 256. The molecule has 0 aliphatic heterocycles. The molecule has 5 nitrogen and oxygen atoms in total.